The minimum Gasteiger partial charge on any atom is -0.676 e. The van der Waals surface area contributed by atoms with E-state index in [-0.39, 0.29) is 49.6 Å². The summed E-state index contributed by atoms with van der Waals surface area (Å²) in [6, 6.07) is -1.89. The van der Waals surface area contributed by atoms with Gasteiger partial charge in [-0.05, 0) is 38.5 Å². The standard InChI is InChI=1S/2C10H18N2O5.C6H12N2.2ClH.Pt/c2*11-7(10(16)17)3-1-2-6-12-8(13)4-5-9(14)15;7-5-3-1-2-4-6(5)8;;;/h2*7H,1-6,11H2,(H,12,13)(H,14,15)(H,16,17);5-8H,1-4H2;2*1H;/q;;-2;;;+4/p-2. The van der Waals surface area contributed by atoms with Crippen LogP contribution in [-0.4, -0.2) is 93.4 Å². The van der Waals surface area contributed by atoms with Crippen LogP contribution in [0.25, 0.3) is 11.5 Å². The molecule has 12 N–H and O–H groups in total. The van der Waals surface area contributed by atoms with E-state index in [2.05, 4.69) is 10.6 Å². The number of carbonyl (C=O) groups is 6. The van der Waals surface area contributed by atoms with Crippen molar-refractivity contribution >= 4 is 54.5 Å². The molecule has 0 aromatic heterocycles. The number of unbranched alkanes of at least 4 members (excludes halogenated alkanes) is 2. The summed E-state index contributed by atoms with van der Waals surface area (Å²) in [6.07, 6.45) is 6.98. The molecule has 1 aliphatic rings. The van der Waals surface area contributed by atoms with Crippen molar-refractivity contribution in [2.45, 2.75) is 114 Å². The Balaban J connectivity index is -0.000000591. The number of nitrogens with two attached hydrogens (primary N) is 2. The third kappa shape index (κ3) is 36.3. The smallest absolute Gasteiger partial charge is 0.0548 e. The second-order valence-corrected chi connectivity index (χ2v) is 13.2. The van der Waals surface area contributed by atoms with Crippen molar-refractivity contribution in [3.05, 3.63) is 11.5 Å². The Labute approximate surface area is 280 Å². The Hall–Kier alpha value is -2.07. The molecule has 0 spiro atoms. The first kappa shape index (κ1) is 47.3. The Morgan fingerprint density at radius 1 is 0.667 bits per heavy atom. The van der Waals surface area contributed by atoms with Gasteiger partial charge in [-0.2, -0.15) is 12.1 Å². The first-order valence-corrected chi connectivity index (χ1v) is 19.9. The van der Waals surface area contributed by atoms with Crippen LogP contribution in [0.15, 0.2) is 0 Å². The third-order valence-corrected chi connectivity index (χ3v) is 6.06. The summed E-state index contributed by atoms with van der Waals surface area (Å²) < 4.78 is 0. The van der Waals surface area contributed by atoms with E-state index in [1.807, 2.05) is 0 Å². The first-order valence-electron chi connectivity index (χ1n) is 14.3. The Morgan fingerprint density at radius 2 is 0.978 bits per heavy atom. The van der Waals surface area contributed by atoms with E-state index < -0.39 is 52.4 Å². The maximum absolute atomic E-state index is 11.1. The van der Waals surface area contributed by atoms with Gasteiger partial charge in [0.1, 0.15) is 12.1 Å². The second-order valence-electron chi connectivity index (χ2n) is 9.91. The van der Waals surface area contributed by atoms with E-state index in [1.165, 1.54) is 12.8 Å². The summed E-state index contributed by atoms with van der Waals surface area (Å²) in [6.45, 7) is 0.815. The van der Waals surface area contributed by atoms with Crippen molar-refractivity contribution in [3.8, 4) is 0 Å². The number of halogens is 2. The molecule has 0 aromatic rings. The fourth-order valence-electron chi connectivity index (χ4n) is 3.43. The summed E-state index contributed by atoms with van der Waals surface area (Å²) in [5.41, 5.74) is 25.2. The number of nitrogens with one attached hydrogen (secondary N) is 4. The van der Waals surface area contributed by atoms with Crippen molar-refractivity contribution in [1.29, 1.82) is 0 Å². The van der Waals surface area contributed by atoms with Crippen LogP contribution in [0.2, 0.25) is 0 Å². The number of hydrogen-bond donors (Lipinski definition) is 8. The van der Waals surface area contributed by atoms with Gasteiger partial charge >= 0.3 is 59.2 Å². The summed E-state index contributed by atoms with van der Waals surface area (Å²) in [4.78, 5) is 63.2. The van der Waals surface area contributed by atoms with Gasteiger partial charge in [-0.3, -0.25) is 28.8 Å². The minimum atomic E-state index is -1.03. The summed E-state index contributed by atoms with van der Waals surface area (Å²) in [7, 11) is 9.75. The molecule has 0 aliphatic heterocycles. The molecule has 1 saturated carbocycles. The molecule has 19 heteroatoms. The first-order chi connectivity index (χ1) is 21.1. The van der Waals surface area contributed by atoms with Gasteiger partial charge in [0.25, 0.3) is 0 Å². The SMILES string of the molecule is NC(CCCCNC(=O)CCC(=O)O)C(=O)O.NC(CCCCNC(=O)CCC(=O)O)C(=O)O.[Cl][Pt+2][Cl].[NH-]C1CCCCC1[NH-]. The number of carboxylic acids is 4. The molecule has 0 saturated heterocycles. The molecule has 0 aromatic carbocycles. The van der Waals surface area contributed by atoms with Crippen LogP contribution >= 0.6 is 18.8 Å². The molecule has 0 radical (unpaired) electrons. The van der Waals surface area contributed by atoms with E-state index in [1.54, 1.807) is 0 Å². The van der Waals surface area contributed by atoms with Crippen LogP contribution < -0.4 is 22.1 Å². The topological polar surface area (TPSA) is 307 Å². The molecular formula is C26H48Cl2N6O10Pt. The molecule has 16 nitrogen and oxygen atoms in total. The van der Waals surface area contributed by atoms with Crippen molar-refractivity contribution < 1.29 is 65.7 Å². The zero-order valence-electron chi connectivity index (χ0n) is 25.1. The number of hydrogen-bond acceptors (Lipinski definition) is 8. The van der Waals surface area contributed by atoms with Crippen molar-refractivity contribution in [2.24, 2.45) is 11.5 Å². The fourth-order valence-corrected chi connectivity index (χ4v) is 3.43. The van der Waals surface area contributed by atoms with Gasteiger partial charge in [0, 0.05) is 25.9 Å². The Kier molecular flexibility index (Phi) is 33.5. The van der Waals surface area contributed by atoms with Crippen molar-refractivity contribution in [1.82, 2.24) is 10.6 Å². The van der Waals surface area contributed by atoms with E-state index in [9.17, 15) is 28.8 Å². The van der Waals surface area contributed by atoms with Gasteiger partial charge in [-0.1, -0.05) is 25.7 Å². The molecule has 0 heterocycles. The van der Waals surface area contributed by atoms with Gasteiger partial charge in [0.15, 0.2) is 0 Å². The molecule has 266 valence electrons. The molecule has 2 amide bonds. The van der Waals surface area contributed by atoms with Crippen LogP contribution in [0.3, 0.4) is 0 Å². The third-order valence-electron chi connectivity index (χ3n) is 6.06. The van der Waals surface area contributed by atoms with Crippen LogP contribution in [0.1, 0.15) is 89.9 Å². The normalized spacial score (nSPS) is 16.5. The molecule has 1 rings (SSSR count). The predicted molar refractivity (Wildman–Crippen MR) is 165 cm³/mol. The molecule has 45 heavy (non-hydrogen) atoms. The average molecular weight is 871 g/mol. The summed E-state index contributed by atoms with van der Waals surface area (Å²) >= 11 is -0.472. The van der Waals surface area contributed by atoms with E-state index >= 15 is 0 Å². The Morgan fingerprint density at radius 3 is 1.22 bits per heavy atom. The summed E-state index contributed by atoms with van der Waals surface area (Å²) in [5, 5.41) is 38.8. The number of carboxylic acid groups (broad SMARTS) is 4. The largest absolute Gasteiger partial charge is 0.676 e. The van der Waals surface area contributed by atoms with Gasteiger partial charge in [-0.15, -0.1) is 0 Å². The van der Waals surface area contributed by atoms with Crippen LogP contribution in [0, 0.1) is 0 Å². The predicted octanol–water partition coefficient (Wildman–Crippen LogP) is 2.88. The van der Waals surface area contributed by atoms with Crippen LogP contribution in [0.5, 0.6) is 0 Å². The molecule has 4 atom stereocenters. The average Bonchev–Trinajstić information content (AvgIpc) is 2.96. The van der Waals surface area contributed by atoms with E-state index in [4.69, 9.17) is 62.2 Å². The maximum Gasteiger partial charge on any atom is -0.0548 e. The number of rotatable bonds is 18. The molecule has 1 aliphatic carbocycles. The van der Waals surface area contributed by atoms with Crippen molar-refractivity contribution in [2.75, 3.05) is 13.1 Å². The van der Waals surface area contributed by atoms with Gasteiger partial charge < -0.3 is 54.0 Å². The zero-order chi connectivity index (χ0) is 35.2. The molecule has 4 unspecified atom stereocenters. The van der Waals surface area contributed by atoms with E-state index in [0.717, 1.165) is 12.8 Å². The van der Waals surface area contributed by atoms with Crippen LogP contribution in [-0.2, 0) is 45.2 Å². The second kappa shape index (κ2) is 31.9. The summed E-state index contributed by atoms with van der Waals surface area (Å²) in [5.74, 6) is -4.70. The van der Waals surface area contributed by atoms with Crippen molar-refractivity contribution in [3.63, 3.8) is 0 Å². The number of aliphatic carboxylic acids is 4. The molecular weight excluding hydrogens is 822 g/mol. The van der Waals surface area contributed by atoms with Gasteiger partial charge in [0.2, 0.25) is 11.8 Å². The van der Waals surface area contributed by atoms with Gasteiger partial charge in [0.05, 0.1) is 12.8 Å². The van der Waals surface area contributed by atoms with E-state index in [0.29, 0.717) is 51.6 Å². The molecule has 1 fully saturated rings. The maximum atomic E-state index is 11.1. The minimum absolute atomic E-state index is 0.0377. The van der Waals surface area contributed by atoms with Gasteiger partial charge in [-0.25, -0.2) is 0 Å². The van der Waals surface area contributed by atoms with Crippen LogP contribution in [0.4, 0.5) is 0 Å². The number of carbonyl (C=O) groups excluding carboxylic acids is 2. The quantitative estimate of drug-likeness (QED) is 0.0923. The number of amides is 2. The Bertz CT molecular complexity index is 797. The fraction of sp³-hybridized carbons (Fsp3) is 0.769. The zero-order valence-corrected chi connectivity index (χ0v) is 28.9. The monoisotopic (exact) mass is 869 g/mol. The molecule has 0 bridgehead atoms.